The Bertz CT molecular complexity index is 823. The summed E-state index contributed by atoms with van der Waals surface area (Å²) in [6.07, 6.45) is 0. The van der Waals surface area contributed by atoms with Crippen LogP contribution in [0, 0.1) is 18.8 Å². The molecule has 0 aromatic heterocycles. The van der Waals surface area contributed by atoms with Crippen molar-refractivity contribution in [1.82, 2.24) is 4.90 Å². The van der Waals surface area contributed by atoms with E-state index in [1.165, 1.54) is 4.90 Å². The molecular weight excluding hydrogens is 290 g/mol. The summed E-state index contributed by atoms with van der Waals surface area (Å²) in [4.78, 5) is 26.1. The second-order valence-electron chi connectivity index (χ2n) is 5.34. The Morgan fingerprint density at radius 1 is 1.04 bits per heavy atom. The van der Waals surface area contributed by atoms with Gasteiger partial charge in [0.2, 0.25) is 0 Å². The molecule has 0 saturated carbocycles. The third-order valence-electron chi connectivity index (χ3n) is 3.87. The Hall–Kier alpha value is -2.90. The normalized spacial score (nSPS) is 12.9. The molecule has 3 rings (SSSR count). The number of imide groups is 1. The number of hydrogen-bond donors (Lipinski definition) is 1. The van der Waals surface area contributed by atoms with Crippen LogP contribution in [-0.4, -0.2) is 28.4 Å². The number of aliphatic hydroxyl groups excluding tert-OH is 1. The molecule has 4 nitrogen and oxygen atoms in total. The van der Waals surface area contributed by atoms with Crippen molar-refractivity contribution >= 4 is 11.8 Å². The van der Waals surface area contributed by atoms with Crippen molar-refractivity contribution in [2.75, 3.05) is 6.61 Å². The van der Waals surface area contributed by atoms with Gasteiger partial charge in [0.1, 0.15) is 6.61 Å². The number of nitrogens with zero attached hydrogens (tertiary/aromatic N) is 1. The summed E-state index contributed by atoms with van der Waals surface area (Å²) in [6, 6.07) is 12.4. The van der Waals surface area contributed by atoms with Crippen LogP contribution in [-0.2, 0) is 6.54 Å². The van der Waals surface area contributed by atoms with Crippen molar-refractivity contribution in [3.8, 4) is 11.8 Å². The second-order valence-corrected chi connectivity index (χ2v) is 5.34. The molecule has 0 fully saturated rings. The van der Waals surface area contributed by atoms with Crippen molar-refractivity contribution in [2.45, 2.75) is 13.5 Å². The highest BCUT2D eigenvalue weighted by molar-refractivity contribution is 6.21. The molecule has 0 unspecified atom stereocenters. The van der Waals surface area contributed by atoms with E-state index < -0.39 is 0 Å². The number of benzene rings is 2. The van der Waals surface area contributed by atoms with Gasteiger partial charge in [-0.3, -0.25) is 14.5 Å². The van der Waals surface area contributed by atoms with Crippen LogP contribution < -0.4 is 0 Å². The Kier molecular flexibility index (Phi) is 3.96. The van der Waals surface area contributed by atoms with Gasteiger partial charge in [0.25, 0.3) is 11.8 Å². The van der Waals surface area contributed by atoms with Crippen LogP contribution in [0.2, 0.25) is 0 Å². The molecule has 0 atom stereocenters. The number of fused-ring (bicyclic) bond motifs is 1. The number of rotatable bonds is 2. The van der Waals surface area contributed by atoms with Crippen molar-refractivity contribution in [3.05, 3.63) is 70.3 Å². The molecule has 23 heavy (non-hydrogen) atoms. The van der Waals surface area contributed by atoms with Gasteiger partial charge in [-0.2, -0.15) is 0 Å². The molecule has 4 heteroatoms. The molecule has 2 amide bonds. The van der Waals surface area contributed by atoms with E-state index in [0.717, 1.165) is 16.7 Å². The van der Waals surface area contributed by atoms with E-state index in [-0.39, 0.29) is 25.0 Å². The second kappa shape index (κ2) is 6.07. The molecule has 0 bridgehead atoms. The van der Waals surface area contributed by atoms with Gasteiger partial charge >= 0.3 is 0 Å². The average molecular weight is 305 g/mol. The van der Waals surface area contributed by atoms with Crippen LogP contribution in [0.4, 0.5) is 0 Å². The number of aryl methyl sites for hydroxylation is 1. The lowest BCUT2D eigenvalue weighted by molar-refractivity contribution is 0.0642. The van der Waals surface area contributed by atoms with Gasteiger partial charge in [-0.25, -0.2) is 0 Å². The summed E-state index contributed by atoms with van der Waals surface area (Å²) in [5, 5.41) is 8.78. The monoisotopic (exact) mass is 305 g/mol. The lowest BCUT2D eigenvalue weighted by Crippen LogP contribution is -2.29. The van der Waals surface area contributed by atoms with E-state index in [2.05, 4.69) is 11.8 Å². The van der Waals surface area contributed by atoms with E-state index in [0.29, 0.717) is 11.1 Å². The molecule has 1 N–H and O–H groups in total. The maximum Gasteiger partial charge on any atom is 0.261 e. The number of carbonyl (C=O) groups excluding carboxylic acids is 2. The zero-order valence-corrected chi connectivity index (χ0v) is 12.7. The van der Waals surface area contributed by atoms with Gasteiger partial charge in [0, 0.05) is 5.56 Å². The molecule has 114 valence electrons. The van der Waals surface area contributed by atoms with E-state index >= 15 is 0 Å². The fraction of sp³-hybridized carbons (Fsp3) is 0.158. The first-order valence-corrected chi connectivity index (χ1v) is 7.26. The molecule has 0 radical (unpaired) electrons. The van der Waals surface area contributed by atoms with Crippen molar-refractivity contribution < 1.29 is 14.7 Å². The number of aliphatic hydroxyl groups is 1. The van der Waals surface area contributed by atoms with Gasteiger partial charge in [0.15, 0.2) is 0 Å². The lowest BCUT2D eigenvalue weighted by atomic mass is 10.0. The smallest absolute Gasteiger partial charge is 0.261 e. The summed E-state index contributed by atoms with van der Waals surface area (Å²) in [5.41, 5.74) is 3.49. The highest BCUT2D eigenvalue weighted by Gasteiger charge is 2.35. The molecule has 0 saturated heterocycles. The minimum absolute atomic E-state index is 0.207. The number of carbonyl (C=O) groups is 2. The maximum absolute atomic E-state index is 12.4. The Morgan fingerprint density at radius 3 is 2.30 bits per heavy atom. The molecule has 0 aliphatic carbocycles. The van der Waals surface area contributed by atoms with Gasteiger partial charge in [-0.15, -0.1) is 0 Å². The van der Waals surface area contributed by atoms with Gasteiger partial charge in [-0.05, 0) is 42.3 Å². The van der Waals surface area contributed by atoms with Crippen LogP contribution in [0.15, 0.2) is 42.5 Å². The van der Waals surface area contributed by atoms with E-state index in [1.807, 2.05) is 25.1 Å². The highest BCUT2D eigenvalue weighted by atomic mass is 16.2. The quantitative estimate of drug-likeness (QED) is 0.683. The molecule has 0 spiro atoms. The average Bonchev–Trinajstić information content (AvgIpc) is 2.81. The standard InChI is InChI=1S/C19H15NO3/c1-13-8-9-14(5-4-10-21)11-15(13)12-20-18(22)16-6-2-3-7-17(16)19(20)23/h2-3,6-9,11,21H,10,12H2,1H3. The zero-order chi connectivity index (χ0) is 16.4. The fourth-order valence-corrected chi connectivity index (χ4v) is 2.61. The Morgan fingerprint density at radius 2 is 1.70 bits per heavy atom. The Labute approximate surface area is 134 Å². The zero-order valence-electron chi connectivity index (χ0n) is 12.7. The van der Waals surface area contributed by atoms with Crippen LogP contribution in [0.25, 0.3) is 0 Å². The topological polar surface area (TPSA) is 57.6 Å². The lowest BCUT2D eigenvalue weighted by Gasteiger charge is -2.16. The number of amides is 2. The van der Waals surface area contributed by atoms with Gasteiger partial charge in [-0.1, -0.05) is 30.0 Å². The first-order valence-electron chi connectivity index (χ1n) is 7.26. The SMILES string of the molecule is Cc1ccc(C#CCO)cc1CN1C(=O)c2ccccc2C1=O. The molecule has 2 aromatic carbocycles. The molecule has 2 aromatic rings. The van der Waals surface area contributed by atoms with Crippen LogP contribution in [0.3, 0.4) is 0 Å². The largest absolute Gasteiger partial charge is 0.384 e. The summed E-state index contributed by atoms with van der Waals surface area (Å²) >= 11 is 0. The van der Waals surface area contributed by atoms with Crippen molar-refractivity contribution in [3.63, 3.8) is 0 Å². The third-order valence-corrected chi connectivity index (χ3v) is 3.87. The summed E-state index contributed by atoms with van der Waals surface area (Å²) in [6.45, 7) is 1.94. The van der Waals surface area contributed by atoms with Crippen LogP contribution in [0.1, 0.15) is 37.4 Å². The minimum atomic E-state index is -0.267. The first-order chi connectivity index (χ1) is 11.1. The predicted octanol–water partition coefficient (Wildman–Crippen LogP) is 2.14. The summed E-state index contributed by atoms with van der Waals surface area (Å²) < 4.78 is 0. The van der Waals surface area contributed by atoms with Crippen LogP contribution >= 0.6 is 0 Å². The molecular formula is C19H15NO3. The molecule has 1 aliphatic heterocycles. The van der Waals surface area contributed by atoms with E-state index in [1.54, 1.807) is 24.3 Å². The van der Waals surface area contributed by atoms with E-state index in [9.17, 15) is 9.59 Å². The molecule has 1 heterocycles. The Balaban J connectivity index is 1.91. The summed E-state index contributed by atoms with van der Waals surface area (Å²) in [7, 11) is 0. The predicted molar refractivity (Wildman–Crippen MR) is 85.8 cm³/mol. The van der Waals surface area contributed by atoms with Crippen molar-refractivity contribution in [2.24, 2.45) is 0 Å². The van der Waals surface area contributed by atoms with Gasteiger partial charge < -0.3 is 5.11 Å². The fourth-order valence-electron chi connectivity index (χ4n) is 2.61. The van der Waals surface area contributed by atoms with Crippen LogP contribution in [0.5, 0.6) is 0 Å². The van der Waals surface area contributed by atoms with Gasteiger partial charge in [0.05, 0.1) is 17.7 Å². The third kappa shape index (κ3) is 2.75. The maximum atomic E-state index is 12.4. The van der Waals surface area contributed by atoms with Crippen molar-refractivity contribution in [1.29, 1.82) is 0 Å². The molecule has 1 aliphatic rings. The summed E-state index contributed by atoms with van der Waals surface area (Å²) in [5.74, 6) is 4.90. The van der Waals surface area contributed by atoms with E-state index in [4.69, 9.17) is 5.11 Å². The first kappa shape index (κ1) is 15.0. The minimum Gasteiger partial charge on any atom is -0.384 e. The highest BCUT2D eigenvalue weighted by Crippen LogP contribution is 2.25. The number of hydrogen-bond acceptors (Lipinski definition) is 3.